The number of hydrogen-bond donors (Lipinski definition) is 0. The van der Waals surface area contributed by atoms with Gasteiger partial charge in [-0.05, 0) is 30.3 Å². The van der Waals surface area contributed by atoms with Crippen molar-refractivity contribution in [2.24, 2.45) is 16.7 Å². The van der Waals surface area contributed by atoms with Crippen molar-refractivity contribution >= 4 is 11.8 Å². The van der Waals surface area contributed by atoms with E-state index in [-0.39, 0.29) is 22.5 Å². The standard InChI is InChI=1S/C12H16O3/c1-11(2)8-4-5-12(11,3)10(15)7(8)6-9(13)14/h6,8H,4-5H2,1-3H3,(H,13,14)/p-1/b7-6+/t8-,12-/m0/s1. The molecule has 2 aliphatic carbocycles. The second-order valence-electron chi connectivity index (χ2n) is 5.39. The number of ketones is 1. The van der Waals surface area contributed by atoms with E-state index in [4.69, 9.17) is 0 Å². The molecule has 2 saturated carbocycles. The highest BCUT2D eigenvalue weighted by Gasteiger charge is 2.63. The quantitative estimate of drug-likeness (QED) is 0.594. The number of carbonyl (C=O) groups is 2. The minimum absolute atomic E-state index is 0.00736. The predicted molar refractivity (Wildman–Crippen MR) is 52.7 cm³/mol. The Bertz CT molecular complexity index is 378. The second-order valence-corrected chi connectivity index (χ2v) is 5.39. The third-order valence-corrected chi connectivity index (χ3v) is 4.64. The largest absolute Gasteiger partial charge is 0.545 e. The molecule has 0 N–H and O–H groups in total. The number of fused-ring (bicyclic) bond motifs is 2. The Morgan fingerprint density at radius 3 is 2.47 bits per heavy atom. The summed E-state index contributed by atoms with van der Waals surface area (Å²) in [6.45, 7) is 6.06. The Balaban J connectivity index is 2.52. The van der Waals surface area contributed by atoms with Crippen LogP contribution in [-0.4, -0.2) is 11.8 Å². The van der Waals surface area contributed by atoms with Crippen molar-refractivity contribution in [3.63, 3.8) is 0 Å². The van der Waals surface area contributed by atoms with Crippen LogP contribution >= 0.6 is 0 Å². The second kappa shape index (κ2) is 2.71. The van der Waals surface area contributed by atoms with Crippen LogP contribution in [0, 0.1) is 16.7 Å². The molecule has 0 aromatic rings. The molecule has 0 aromatic heterocycles. The highest BCUT2D eigenvalue weighted by molar-refractivity contribution is 6.07. The third-order valence-electron chi connectivity index (χ3n) is 4.64. The molecular formula is C12H15O3-. The predicted octanol–water partition coefficient (Wildman–Crippen LogP) is 0.688. The molecule has 15 heavy (non-hydrogen) atoms. The Kier molecular flexibility index (Phi) is 1.88. The smallest absolute Gasteiger partial charge is 0.165 e. The number of carboxylic acid groups (broad SMARTS) is 1. The summed E-state index contributed by atoms with van der Waals surface area (Å²) in [5.41, 5.74) is -0.0293. The normalized spacial score (nSPS) is 40.1. The molecule has 0 aromatic carbocycles. The van der Waals surface area contributed by atoms with E-state index in [0.29, 0.717) is 5.57 Å². The van der Waals surface area contributed by atoms with Crippen LogP contribution in [0.3, 0.4) is 0 Å². The summed E-state index contributed by atoms with van der Waals surface area (Å²) in [5, 5.41) is 10.6. The van der Waals surface area contributed by atoms with Crippen LogP contribution in [0.25, 0.3) is 0 Å². The van der Waals surface area contributed by atoms with Gasteiger partial charge in [0.1, 0.15) is 0 Å². The molecule has 0 spiro atoms. The number of Topliss-reactive ketones (excluding diaryl/α,β-unsaturated/α-hetero) is 1. The maximum absolute atomic E-state index is 12.1. The van der Waals surface area contributed by atoms with Gasteiger partial charge in [0.15, 0.2) is 5.78 Å². The first-order valence-corrected chi connectivity index (χ1v) is 5.28. The summed E-state index contributed by atoms with van der Waals surface area (Å²) in [7, 11) is 0. The molecule has 0 aliphatic heterocycles. The molecule has 0 radical (unpaired) electrons. The molecule has 82 valence electrons. The number of aliphatic carboxylic acids is 1. The average Bonchev–Trinajstić information content (AvgIpc) is 2.40. The van der Waals surface area contributed by atoms with Crippen LogP contribution in [0.2, 0.25) is 0 Å². The molecule has 2 atom stereocenters. The molecule has 2 aliphatic rings. The van der Waals surface area contributed by atoms with Crippen molar-refractivity contribution in [2.75, 3.05) is 0 Å². The van der Waals surface area contributed by atoms with Crippen LogP contribution in [-0.2, 0) is 9.59 Å². The third kappa shape index (κ3) is 1.06. The lowest BCUT2D eigenvalue weighted by molar-refractivity contribution is -0.297. The first kappa shape index (κ1) is 10.4. The number of carboxylic acids is 1. The zero-order valence-electron chi connectivity index (χ0n) is 9.29. The highest BCUT2D eigenvalue weighted by Crippen LogP contribution is 2.65. The van der Waals surface area contributed by atoms with Gasteiger partial charge in [-0.15, -0.1) is 0 Å². The lowest BCUT2D eigenvalue weighted by atomic mass is 9.70. The van der Waals surface area contributed by atoms with E-state index >= 15 is 0 Å². The fraction of sp³-hybridized carbons (Fsp3) is 0.667. The fourth-order valence-electron chi connectivity index (χ4n) is 3.22. The van der Waals surface area contributed by atoms with E-state index < -0.39 is 5.97 Å². The summed E-state index contributed by atoms with van der Waals surface area (Å²) >= 11 is 0. The summed E-state index contributed by atoms with van der Waals surface area (Å²) in [5.74, 6) is -1.16. The lowest BCUT2D eigenvalue weighted by Gasteiger charge is -2.31. The van der Waals surface area contributed by atoms with Crippen molar-refractivity contribution in [3.05, 3.63) is 11.6 Å². The molecule has 2 bridgehead atoms. The van der Waals surface area contributed by atoms with Gasteiger partial charge < -0.3 is 9.90 Å². The molecule has 2 fully saturated rings. The van der Waals surface area contributed by atoms with E-state index in [0.717, 1.165) is 18.9 Å². The van der Waals surface area contributed by atoms with Crippen LogP contribution in [0.15, 0.2) is 11.6 Å². The average molecular weight is 207 g/mol. The fourth-order valence-corrected chi connectivity index (χ4v) is 3.22. The summed E-state index contributed by atoms with van der Waals surface area (Å²) in [4.78, 5) is 22.6. The molecule has 0 amide bonds. The molecular weight excluding hydrogens is 192 g/mol. The number of rotatable bonds is 1. The van der Waals surface area contributed by atoms with E-state index in [9.17, 15) is 14.7 Å². The minimum Gasteiger partial charge on any atom is -0.545 e. The zero-order chi connectivity index (χ0) is 11.4. The first-order chi connectivity index (χ1) is 6.80. The van der Waals surface area contributed by atoms with Gasteiger partial charge in [-0.25, -0.2) is 0 Å². The van der Waals surface area contributed by atoms with Gasteiger partial charge in [-0.3, -0.25) is 4.79 Å². The highest BCUT2D eigenvalue weighted by atomic mass is 16.4. The van der Waals surface area contributed by atoms with E-state index in [1.807, 2.05) is 6.92 Å². The van der Waals surface area contributed by atoms with E-state index in [1.54, 1.807) is 0 Å². The lowest BCUT2D eigenvalue weighted by Crippen LogP contribution is -2.32. The van der Waals surface area contributed by atoms with E-state index in [1.165, 1.54) is 0 Å². The molecule has 0 unspecified atom stereocenters. The zero-order valence-corrected chi connectivity index (χ0v) is 9.29. The number of hydrogen-bond acceptors (Lipinski definition) is 3. The Hall–Kier alpha value is -1.12. The van der Waals surface area contributed by atoms with Gasteiger partial charge in [0, 0.05) is 11.0 Å². The molecule has 3 heteroatoms. The Morgan fingerprint density at radius 1 is 1.47 bits per heavy atom. The van der Waals surface area contributed by atoms with Crippen LogP contribution in [0.4, 0.5) is 0 Å². The van der Waals surface area contributed by atoms with Gasteiger partial charge in [-0.1, -0.05) is 20.8 Å². The van der Waals surface area contributed by atoms with Gasteiger partial charge >= 0.3 is 0 Å². The first-order valence-electron chi connectivity index (χ1n) is 5.28. The molecule has 0 saturated heterocycles. The van der Waals surface area contributed by atoms with Crippen molar-refractivity contribution in [3.8, 4) is 0 Å². The van der Waals surface area contributed by atoms with Crippen LogP contribution < -0.4 is 5.11 Å². The maximum atomic E-state index is 12.1. The molecule has 0 heterocycles. The van der Waals surface area contributed by atoms with E-state index in [2.05, 4.69) is 13.8 Å². The van der Waals surface area contributed by atoms with Gasteiger partial charge in [0.25, 0.3) is 0 Å². The summed E-state index contributed by atoms with van der Waals surface area (Å²) in [6, 6.07) is 0. The van der Waals surface area contributed by atoms with Gasteiger partial charge in [0.05, 0.1) is 5.97 Å². The van der Waals surface area contributed by atoms with Crippen molar-refractivity contribution < 1.29 is 14.7 Å². The number of carbonyl (C=O) groups excluding carboxylic acids is 2. The molecule has 2 rings (SSSR count). The Labute approximate surface area is 89.2 Å². The van der Waals surface area contributed by atoms with Crippen molar-refractivity contribution in [2.45, 2.75) is 33.6 Å². The summed E-state index contributed by atoms with van der Waals surface area (Å²) in [6.07, 6.45) is 2.78. The Morgan fingerprint density at radius 2 is 2.07 bits per heavy atom. The SMILES string of the molecule is CC1(C)[C@H]2CC[C@@]1(C)C(=O)/C2=C/C(=O)[O-]. The van der Waals surface area contributed by atoms with Crippen LogP contribution in [0.5, 0.6) is 0 Å². The monoisotopic (exact) mass is 207 g/mol. The van der Waals surface area contributed by atoms with Crippen LogP contribution in [0.1, 0.15) is 33.6 Å². The molecule has 3 nitrogen and oxygen atoms in total. The van der Waals surface area contributed by atoms with Gasteiger partial charge in [-0.2, -0.15) is 0 Å². The topological polar surface area (TPSA) is 57.2 Å². The van der Waals surface area contributed by atoms with Crippen molar-refractivity contribution in [1.82, 2.24) is 0 Å². The number of allylic oxidation sites excluding steroid dienone is 1. The summed E-state index contributed by atoms with van der Waals surface area (Å²) < 4.78 is 0. The maximum Gasteiger partial charge on any atom is 0.165 e. The van der Waals surface area contributed by atoms with Crippen molar-refractivity contribution in [1.29, 1.82) is 0 Å². The minimum atomic E-state index is -1.26. The van der Waals surface area contributed by atoms with Gasteiger partial charge in [0.2, 0.25) is 0 Å².